The molecule has 118 valence electrons. The molecule has 1 heterocycles. The first-order valence-corrected chi connectivity index (χ1v) is 7.09. The van der Waals surface area contributed by atoms with Crippen molar-refractivity contribution in [2.24, 2.45) is 0 Å². The van der Waals surface area contributed by atoms with Gasteiger partial charge < -0.3 is 11.2 Å². The summed E-state index contributed by atoms with van der Waals surface area (Å²) in [5.74, 6) is 3.30. The number of halogens is 4. The third kappa shape index (κ3) is 4.04. The molecule has 22 heavy (non-hydrogen) atoms. The smallest absolute Gasteiger partial charge is 0.335 e. The van der Waals surface area contributed by atoms with Crippen molar-refractivity contribution in [1.82, 2.24) is 14.9 Å². The van der Waals surface area contributed by atoms with Crippen LogP contribution in [0, 0.1) is 0 Å². The van der Waals surface area contributed by atoms with Crippen LogP contribution in [0.25, 0.3) is 0 Å². The second kappa shape index (κ2) is 6.44. The highest BCUT2D eigenvalue weighted by Gasteiger charge is 2.38. The van der Waals surface area contributed by atoms with Gasteiger partial charge in [-0.15, -0.1) is 10.2 Å². The maximum atomic E-state index is 12.5. The molecular formula is C11H9ClF3N5OS. The number of nitrogen functional groups attached to an aromatic ring is 1. The van der Waals surface area contributed by atoms with Gasteiger partial charge in [0.25, 0.3) is 5.82 Å². The van der Waals surface area contributed by atoms with Crippen LogP contribution in [0.5, 0.6) is 0 Å². The van der Waals surface area contributed by atoms with E-state index in [4.69, 9.17) is 17.4 Å². The Morgan fingerprint density at radius 3 is 2.73 bits per heavy atom. The Hall–Kier alpha value is -1.94. The molecule has 0 aliphatic heterocycles. The van der Waals surface area contributed by atoms with Crippen LogP contribution >= 0.6 is 23.4 Å². The van der Waals surface area contributed by atoms with Crippen molar-refractivity contribution in [3.8, 4) is 0 Å². The van der Waals surface area contributed by atoms with Gasteiger partial charge in [-0.1, -0.05) is 29.4 Å². The molecule has 1 aromatic carbocycles. The van der Waals surface area contributed by atoms with E-state index in [0.29, 0.717) is 15.4 Å². The van der Waals surface area contributed by atoms with Crippen LogP contribution in [0.1, 0.15) is 5.82 Å². The second-order valence-electron chi connectivity index (χ2n) is 4.02. The van der Waals surface area contributed by atoms with Gasteiger partial charge in [0.05, 0.1) is 5.75 Å². The fraction of sp³-hybridized carbons (Fsp3) is 0.182. The molecule has 2 rings (SSSR count). The van der Waals surface area contributed by atoms with Gasteiger partial charge in [0.1, 0.15) is 0 Å². The van der Waals surface area contributed by atoms with Crippen LogP contribution in [0.15, 0.2) is 29.4 Å². The molecule has 0 aliphatic rings. The minimum absolute atomic E-state index is 0.181. The van der Waals surface area contributed by atoms with Gasteiger partial charge in [-0.05, 0) is 18.2 Å². The molecule has 0 saturated carbocycles. The summed E-state index contributed by atoms with van der Waals surface area (Å²) in [6.07, 6.45) is -4.70. The number of nitrogens with one attached hydrogen (secondary N) is 1. The summed E-state index contributed by atoms with van der Waals surface area (Å²) in [5.41, 5.74) is 0.475. The van der Waals surface area contributed by atoms with Crippen molar-refractivity contribution < 1.29 is 18.0 Å². The average Bonchev–Trinajstić information content (AvgIpc) is 2.77. The molecular weight excluding hydrogens is 343 g/mol. The normalized spacial score (nSPS) is 11.5. The van der Waals surface area contributed by atoms with E-state index in [2.05, 4.69) is 15.5 Å². The first-order chi connectivity index (χ1) is 10.3. The van der Waals surface area contributed by atoms with Gasteiger partial charge in [-0.25, -0.2) is 4.68 Å². The predicted molar refractivity (Wildman–Crippen MR) is 76.0 cm³/mol. The van der Waals surface area contributed by atoms with E-state index < -0.39 is 17.9 Å². The Balaban J connectivity index is 1.96. The fourth-order valence-electron chi connectivity index (χ4n) is 1.46. The number of hydrogen-bond acceptors (Lipinski definition) is 5. The molecule has 0 unspecified atom stereocenters. The summed E-state index contributed by atoms with van der Waals surface area (Å²) >= 11 is 6.50. The van der Waals surface area contributed by atoms with Gasteiger partial charge in [0.15, 0.2) is 0 Å². The van der Waals surface area contributed by atoms with Crippen LogP contribution < -0.4 is 11.2 Å². The van der Waals surface area contributed by atoms with Gasteiger partial charge in [-0.3, -0.25) is 4.79 Å². The second-order valence-corrected chi connectivity index (χ2v) is 5.40. The molecule has 0 fully saturated rings. The predicted octanol–water partition coefficient (Wildman–Crippen LogP) is 2.39. The number of carbonyl (C=O) groups is 1. The Kier molecular flexibility index (Phi) is 4.81. The third-order valence-corrected chi connectivity index (χ3v) is 3.54. The lowest BCUT2D eigenvalue weighted by Gasteiger charge is -2.07. The zero-order valence-corrected chi connectivity index (χ0v) is 12.3. The molecule has 0 atom stereocenters. The van der Waals surface area contributed by atoms with Gasteiger partial charge >= 0.3 is 6.18 Å². The molecule has 0 radical (unpaired) electrons. The molecule has 6 nitrogen and oxygen atoms in total. The number of anilines is 1. The minimum atomic E-state index is -4.70. The van der Waals surface area contributed by atoms with Crippen LogP contribution in [0.4, 0.5) is 18.9 Å². The first-order valence-electron chi connectivity index (χ1n) is 5.73. The van der Waals surface area contributed by atoms with E-state index in [1.807, 2.05) is 0 Å². The zero-order valence-electron chi connectivity index (χ0n) is 10.8. The van der Waals surface area contributed by atoms with E-state index in [1.54, 1.807) is 18.2 Å². The van der Waals surface area contributed by atoms with Crippen molar-refractivity contribution in [1.29, 1.82) is 0 Å². The van der Waals surface area contributed by atoms with Crippen molar-refractivity contribution >= 4 is 35.0 Å². The van der Waals surface area contributed by atoms with E-state index in [1.165, 1.54) is 6.07 Å². The van der Waals surface area contributed by atoms with Gasteiger partial charge in [-0.2, -0.15) is 13.2 Å². The minimum Gasteiger partial charge on any atom is -0.335 e. The third-order valence-electron chi connectivity index (χ3n) is 2.36. The summed E-state index contributed by atoms with van der Waals surface area (Å²) in [5, 5.41) is 9.04. The number of amides is 1. The topological polar surface area (TPSA) is 85.8 Å². The molecule has 11 heteroatoms. The van der Waals surface area contributed by atoms with E-state index in [9.17, 15) is 18.0 Å². The summed E-state index contributed by atoms with van der Waals surface area (Å²) in [4.78, 5) is 11.7. The number of hydrogen-bond donors (Lipinski definition) is 2. The molecule has 0 saturated heterocycles. The Bertz CT molecular complexity index is 691. The van der Waals surface area contributed by atoms with Crippen LogP contribution in [0.2, 0.25) is 5.02 Å². The number of aromatic nitrogens is 3. The lowest BCUT2D eigenvalue weighted by atomic mass is 10.3. The summed E-state index contributed by atoms with van der Waals surface area (Å²) in [6, 6.07) is 6.46. The molecule has 0 aliphatic carbocycles. The van der Waals surface area contributed by atoms with Gasteiger partial charge in [0, 0.05) is 10.7 Å². The number of alkyl halides is 3. The largest absolute Gasteiger partial charge is 0.453 e. The number of rotatable bonds is 4. The van der Waals surface area contributed by atoms with Gasteiger partial charge in [0.2, 0.25) is 11.1 Å². The number of benzene rings is 1. The lowest BCUT2D eigenvalue weighted by molar-refractivity contribution is -0.146. The Labute approximate surface area is 131 Å². The molecule has 1 aromatic heterocycles. The van der Waals surface area contributed by atoms with Crippen molar-refractivity contribution in [3.05, 3.63) is 35.1 Å². The number of nitrogens with two attached hydrogens (primary N) is 1. The fourth-order valence-corrected chi connectivity index (χ4v) is 2.31. The quantitative estimate of drug-likeness (QED) is 0.652. The van der Waals surface area contributed by atoms with Crippen LogP contribution in [-0.4, -0.2) is 26.5 Å². The average molecular weight is 352 g/mol. The highest BCUT2D eigenvalue weighted by Crippen LogP contribution is 2.28. The van der Waals surface area contributed by atoms with Crippen molar-refractivity contribution in [3.63, 3.8) is 0 Å². The van der Waals surface area contributed by atoms with Crippen molar-refractivity contribution in [2.45, 2.75) is 11.3 Å². The molecule has 3 N–H and O–H groups in total. The molecule has 0 spiro atoms. The highest BCUT2D eigenvalue weighted by atomic mass is 35.5. The molecule has 2 aromatic rings. The highest BCUT2D eigenvalue weighted by molar-refractivity contribution is 7.99. The first kappa shape index (κ1) is 16.4. The summed E-state index contributed by atoms with van der Waals surface area (Å²) in [7, 11) is 0. The monoisotopic (exact) mass is 351 g/mol. The zero-order chi connectivity index (χ0) is 16.3. The maximum Gasteiger partial charge on any atom is 0.453 e. The standard InChI is InChI=1S/C11H9ClF3N5OS/c12-6-2-1-3-7(4-6)17-8(21)5-22-10-19-18-9(20(10)16)11(13,14)15/h1-4H,5,16H2,(H,17,21). The van der Waals surface area contributed by atoms with Crippen LogP contribution in [-0.2, 0) is 11.0 Å². The van der Waals surface area contributed by atoms with E-state index in [0.717, 1.165) is 11.8 Å². The lowest BCUT2D eigenvalue weighted by Crippen LogP contribution is -2.22. The van der Waals surface area contributed by atoms with Crippen molar-refractivity contribution in [2.75, 3.05) is 16.9 Å². The maximum absolute atomic E-state index is 12.5. The van der Waals surface area contributed by atoms with E-state index in [-0.39, 0.29) is 10.9 Å². The Morgan fingerprint density at radius 1 is 1.41 bits per heavy atom. The number of thioether (sulfide) groups is 1. The summed E-state index contributed by atoms with van der Waals surface area (Å²) < 4.78 is 37.7. The summed E-state index contributed by atoms with van der Waals surface area (Å²) in [6.45, 7) is 0. The Morgan fingerprint density at radius 2 is 2.14 bits per heavy atom. The number of nitrogens with zero attached hydrogens (tertiary/aromatic N) is 3. The molecule has 0 bridgehead atoms. The SMILES string of the molecule is Nn1c(SCC(=O)Nc2cccc(Cl)c2)nnc1C(F)(F)F. The van der Waals surface area contributed by atoms with Crippen LogP contribution in [0.3, 0.4) is 0 Å². The number of carbonyl (C=O) groups excluding carboxylic acids is 1. The van der Waals surface area contributed by atoms with E-state index >= 15 is 0 Å². The molecule has 1 amide bonds.